The lowest BCUT2D eigenvalue weighted by atomic mass is 10.2. The average Bonchev–Trinajstić information content (AvgIpc) is 2.86. The second-order valence-electron chi connectivity index (χ2n) is 5.82. The highest BCUT2D eigenvalue weighted by Gasteiger charge is 2.34. The van der Waals surface area contributed by atoms with E-state index in [1.54, 1.807) is 20.8 Å². The van der Waals surface area contributed by atoms with E-state index in [1.165, 1.54) is 4.90 Å². The van der Waals surface area contributed by atoms with Gasteiger partial charge in [0.25, 0.3) is 0 Å². The van der Waals surface area contributed by atoms with Gasteiger partial charge in [0.05, 0.1) is 28.4 Å². The third-order valence-corrected chi connectivity index (χ3v) is 4.44. The van der Waals surface area contributed by atoms with Crippen molar-refractivity contribution in [2.45, 2.75) is 43.2 Å². The molecule has 0 aromatic carbocycles. The summed E-state index contributed by atoms with van der Waals surface area (Å²) in [7, 11) is -1.47. The van der Waals surface area contributed by atoms with Gasteiger partial charge in [0, 0.05) is 13.1 Å². The van der Waals surface area contributed by atoms with Crippen LogP contribution in [0.4, 0.5) is 9.18 Å². The van der Waals surface area contributed by atoms with Crippen LogP contribution in [0.1, 0.15) is 27.2 Å². The van der Waals surface area contributed by atoms with E-state index < -0.39 is 28.3 Å². The molecule has 2 heterocycles. The van der Waals surface area contributed by atoms with Crippen molar-refractivity contribution in [2.24, 2.45) is 0 Å². The maximum Gasteiger partial charge on any atom is 0.410 e. The van der Waals surface area contributed by atoms with Crippen LogP contribution in [0, 0.1) is 5.82 Å². The quantitative estimate of drug-likeness (QED) is 0.777. The highest BCUT2D eigenvalue weighted by atomic mass is 32.2. The van der Waals surface area contributed by atoms with Gasteiger partial charge in [0.15, 0.2) is 5.82 Å². The standard InChI is InChI=1S/C13H18FN3O3S/c1-13(2,3)20-12(18)17-5-4-10(8-17)21(19)11-15-6-9(14)7-16-11/h6-7,10H,4-5,8H2,1-3H3/t10-,21-/m0/s1. The lowest BCUT2D eigenvalue weighted by Gasteiger charge is -2.24. The normalized spacial score (nSPS) is 20.4. The van der Waals surface area contributed by atoms with Crippen LogP contribution in [0.25, 0.3) is 0 Å². The molecule has 0 spiro atoms. The number of carbonyl (C=O) groups excluding carboxylic acids is 1. The highest BCUT2D eigenvalue weighted by molar-refractivity contribution is 7.85. The number of aromatic nitrogens is 2. The minimum absolute atomic E-state index is 0.0902. The summed E-state index contributed by atoms with van der Waals surface area (Å²) in [6.45, 7) is 6.18. The lowest BCUT2D eigenvalue weighted by molar-refractivity contribution is 0.0295. The van der Waals surface area contributed by atoms with Crippen molar-refractivity contribution in [3.05, 3.63) is 18.2 Å². The van der Waals surface area contributed by atoms with E-state index in [2.05, 4.69) is 9.97 Å². The minimum atomic E-state index is -1.47. The van der Waals surface area contributed by atoms with E-state index in [0.29, 0.717) is 19.5 Å². The number of nitrogens with zero attached hydrogens (tertiary/aromatic N) is 3. The van der Waals surface area contributed by atoms with Crippen molar-refractivity contribution >= 4 is 16.9 Å². The monoisotopic (exact) mass is 315 g/mol. The van der Waals surface area contributed by atoms with Crippen LogP contribution in [0.5, 0.6) is 0 Å². The van der Waals surface area contributed by atoms with Gasteiger partial charge in [-0.1, -0.05) is 0 Å². The highest BCUT2D eigenvalue weighted by Crippen LogP contribution is 2.20. The topological polar surface area (TPSA) is 72.4 Å². The third kappa shape index (κ3) is 4.20. The zero-order valence-electron chi connectivity index (χ0n) is 12.2. The van der Waals surface area contributed by atoms with Crippen molar-refractivity contribution in [2.75, 3.05) is 13.1 Å². The van der Waals surface area contributed by atoms with Crippen molar-refractivity contribution in [3.8, 4) is 0 Å². The summed E-state index contributed by atoms with van der Waals surface area (Å²) in [5.74, 6) is -0.572. The Labute approximate surface area is 125 Å². The van der Waals surface area contributed by atoms with Gasteiger partial charge in [0.2, 0.25) is 5.16 Å². The zero-order valence-corrected chi connectivity index (χ0v) is 13.0. The fraction of sp³-hybridized carbons (Fsp3) is 0.615. The van der Waals surface area contributed by atoms with E-state index in [-0.39, 0.29) is 10.4 Å². The molecular formula is C13H18FN3O3S. The van der Waals surface area contributed by atoms with Gasteiger partial charge in [-0.15, -0.1) is 0 Å². The predicted molar refractivity (Wildman–Crippen MR) is 74.6 cm³/mol. The van der Waals surface area contributed by atoms with Crippen molar-refractivity contribution < 1.29 is 18.1 Å². The first-order chi connectivity index (χ1) is 9.76. The van der Waals surface area contributed by atoms with Crippen molar-refractivity contribution in [3.63, 3.8) is 0 Å². The van der Waals surface area contributed by atoms with Gasteiger partial charge in [-0.25, -0.2) is 19.2 Å². The second-order valence-corrected chi connectivity index (χ2v) is 7.44. The van der Waals surface area contributed by atoms with Gasteiger partial charge in [-0.3, -0.25) is 4.21 Å². The minimum Gasteiger partial charge on any atom is -0.444 e. The molecule has 0 bridgehead atoms. The number of hydrogen-bond donors (Lipinski definition) is 0. The van der Waals surface area contributed by atoms with Gasteiger partial charge in [0.1, 0.15) is 5.60 Å². The first-order valence-electron chi connectivity index (χ1n) is 6.62. The molecule has 1 amide bonds. The fourth-order valence-corrected chi connectivity index (χ4v) is 3.19. The van der Waals surface area contributed by atoms with E-state index in [0.717, 1.165) is 12.4 Å². The van der Waals surface area contributed by atoms with Crippen LogP contribution in [0.2, 0.25) is 0 Å². The maximum absolute atomic E-state index is 12.8. The third-order valence-electron chi connectivity index (χ3n) is 2.88. The molecule has 2 rings (SSSR count). The summed E-state index contributed by atoms with van der Waals surface area (Å²) in [4.78, 5) is 20.9. The van der Waals surface area contributed by atoms with Gasteiger partial charge in [-0.05, 0) is 27.2 Å². The molecule has 116 valence electrons. The van der Waals surface area contributed by atoms with Crippen molar-refractivity contribution in [1.29, 1.82) is 0 Å². The largest absolute Gasteiger partial charge is 0.444 e. The first-order valence-corrected chi connectivity index (χ1v) is 7.83. The molecule has 0 unspecified atom stereocenters. The molecule has 0 aliphatic carbocycles. The van der Waals surface area contributed by atoms with Crippen molar-refractivity contribution in [1.82, 2.24) is 14.9 Å². The Hall–Kier alpha value is -1.57. The fourth-order valence-electron chi connectivity index (χ4n) is 1.95. The molecule has 0 saturated carbocycles. The molecule has 2 atom stereocenters. The van der Waals surface area contributed by atoms with Crippen LogP contribution in [0.3, 0.4) is 0 Å². The molecule has 0 radical (unpaired) electrons. The summed E-state index contributed by atoms with van der Waals surface area (Å²) in [6.07, 6.45) is 2.14. The second kappa shape index (κ2) is 6.05. The molecule has 1 aliphatic heterocycles. The Morgan fingerprint density at radius 2 is 2.05 bits per heavy atom. The summed E-state index contributed by atoms with van der Waals surface area (Å²) >= 11 is 0. The lowest BCUT2D eigenvalue weighted by Crippen LogP contribution is -2.36. The Balaban J connectivity index is 1.97. The molecule has 1 aromatic rings. The van der Waals surface area contributed by atoms with E-state index in [9.17, 15) is 13.4 Å². The predicted octanol–water partition coefficient (Wildman–Crippen LogP) is 1.73. The Morgan fingerprint density at radius 3 is 2.62 bits per heavy atom. The maximum atomic E-state index is 12.8. The molecule has 1 aromatic heterocycles. The smallest absolute Gasteiger partial charge is 0.410 e. The number of rotatable bonds is 2. The number of ether oxygens (including phenoxy) is 1. The van der Waals surface area contributed by atoms with Crippen LogP contribution in [-0.2, 0) is 15.5 Å². The Morgan fingerprint density at radius 1 is 1.43 bits per heavy atom. The van der Waals surface area contributed by atoms with Crippen LogP contribution in [-0.4, -0.2) is 49.1 Å². The summed E-state index contributed by atoms with van der Waals surface area (Å²) in [5, 5.41) is -0.171. The summed E-state index contributed by atoms with van der Waals surface area (Å²) < 4.78 is 30.3. The number of likely N-dealkylation sites (tertiary alicyclic amines) is 1. The Bertz CT molecular complexity index is 545. The number of carbonyl (C=O) groups is 1. The molecule has 6 nitrogen and oxygen atoms in total. The molecular weight excluding hydrogens is 297 g/mol. The van der Waals surface area contributed by atoms with Crippen LogP contribution in [0.15, 0.2) is 17.6 Å². The first kappa shape index (κ1) is 15.8. The van der Waals surface area contributed by atoms with Crippen LogP contribution < -0.4 is 0 Å². The van der Waals surface area contributed by atoms with E-state index >= 15 is 0 Å². The zero-order chi connectivity index (χ0) is 15.6. The molecule has 1 aliphatic rings. The number of hydrogen-bond acceptors (Lipinski definition) is 5. The number of amides is 1. The average molecular weight is 315 g/mol. The van der Waals surface area contributed by atoms with Gasteiger partial charge in [-0.2, -0.15) is 0 Å². The van der Waals surface area contributed by atoms with E-state index in [1.807, 2.05) is 0 Å². The molecule has 0 N–H and O–H groups in total. The molecule has 1 saturated heterocycles. The summed E-state index contributed by atoms with van der Waals surface area (Å²) in [5.41, 5.74) is -0.561. The molecule has 21 heavy (non-hydrogen) atoms. The Kier molecular flexibility index (Phi) is 4.55. The number of halogens is 1. The summed E-state index contributed by atoms with van der Waals surface area (Å²) in [6, 6.07) is 0. The van der Waals surface area contributed by atoms with Crippen LogP contribution >= 0.6 is 0 Å². The SMILES string of the molecule is CC(C)(C)OC(=O)N1CC[C@H]([S@](=O)c2ncc(F)cn2)C1. The molecule has 1 fully saturated rings. The van der Waals surface area contributed by atoms with Gasteiger partial charge < -0.3 is 9.64 Å². The van der Waals surface area contributed by atoms with Gasteiger partial charge >= 0.3 is 6.09 Å². The van der Waals surface area contributed by atoms with E-state index in [4.69, 9.17) is 4.74 Å². The molecule has 8 heteroatoms.